The molecule has 6 heterocycles. The van der Waals surface area contributed by atoms with Gasteiger partial charge in [-0.25, -0.2) is 19.9 Å². The minimum Gasteiger partial charge on any atom is -0.307 e. The Bertz CT molecular complexity index is 4750. The van der Waals surface area contributed by atoms with Gasteiger partial charge < -0.3 is 8.80 Å². The number of hydrogen-bond acceptors (Lipinski definition) is 8. The van der Waals surface area contributed by atoms with Crippen molar-refractivity contribution in [2.24, 2.45) is 0 Å². The number of nitrogens with zero attached hydrogens (tertiary/aromatic N) is 6. The van der Waals surface area contributed by atoms with E-state index >= 15 is 9.59 Å². The molecule has 0 unspecified atom stereocenters. The molecule has 0 saturated heterocycles. The highest BCUT2D eigenvalue weighted by atomic mass is 16.1. The van der Waals surface area contributed by atoms with E-state index < -0.39 is 0 Å². The maximum atomic E-state index is 15.6. The Balaban J connectivity index is 1.05. The smallest absolute Gasteiger partial charge is 0.197 e. The summed E-state index contributed by atoms with van der Waals surface area (Å²) in [7, 11) is 0. The summed E-state index contributed by atoms with van der Waals surface area (Å²) in [5, 5.41) is 2.59. The zero-order valence-electron chi connectivity index (χ0n) is 40.1. The van der Waals surface area contributed by atoms with E-state index in [1.807, 2.05) is 185 Å². The zero-order chi connectivity index (χ0) is 50.8. The Hall–Kier alpha value is -10.6. The maximum Gasteiger partial charge on any atom is 0.197 e. The van der Waals surface area contributed by atoms with Crippen molar-refractivity contribution in [3.8, 4) is 67.8 Å². The van der Waals surface area contributed by atoms with Gasteiger partial charge in [-0.1, -0.05) is 146 Å². The van der Waals surface area contributed by atoms with E-state index in [2.05, 4.69) is 0 Å². The minimum absolute atomic E-state index is 0.246. The van der Waals surface area contributed by atoms with Crippen LogP contribution in [0.4, 0.5) is 0 Å². The van der Waals surface area contributed by atoms with Crippen molar-refractivity contribution in [3.63, 3.8) is 0 Å². The van der Waals surface area contributed by atoms with Gasteiger partial charge in [-0.2, -0.15) is 0 Å². The molecule has 0 saturated carbocycles. The van der Waals surface area contributed by atoms with Crippen LogP contribution < -0.4 is 21.7 Å². The first kappa shape index (κ1) is 43.0. The average molecular weight is 977 g/mol. The highest BCUT2D eigenvalue weighted by Gasteiger charge is 2.25. The highest BCUT2D eigenvalue weighted by Crippen LogP contribution is 2.37. The molecule has 0 atom stereocenters. The van der Waals surface area contributed by atoms with Gasteiger partial charge in [0.05, 0.1) is 55.9 Å². The van der Waals surface area contributed by atoms with Crippen molar-refractivity contribution in [2.45, 2.75) is 0 Å². The number of benzene rings is 9. The van der Waals surface area contributed by atoms with Gasteiger partial charge >= 0.3 is 0 Å². The van der Waals surface area contributed by atoms with E-state index in [4.69, 9.17) is 19.9 Å². The summed E-state index contributed by atoms with van der Waals surface area (Å²) in [6.07, 6.45) is 0. The molecule has 0 spiro atoms. The molecule has 0 fully saturated rings. The van der Waals surface area contributed by atoms with Crippen LogP contribution in [0.2, 0.25) is 0 Å². The van der Waals surface area contributed by atoms with Crippen LogP contribution in [-0.2, 0) is 0 Å². The number of fused-ring (bicyclic) bond motifs is 8. The van der Waals surface area contributed by atoms with E-state index in [1.165, 1.54) is 0 Å². The third kappa shape index (κ3) is 6.47. The molecule has 0 aliphatic heterocycles. The minimum atomic E-state index is -0.372. The Morgan fingerprint density at radius 2 is 0.526 bits per heavy atom. The summed E-state index contributed by atoms with van der Waals surface area (Å²) in [6, 6.07) is 68.5. The Morgan fingerprint density at radius 1 is 0.237 bits per heavy atom. The van der Waals surface area contributed by atoms with E-state index in [0.29, 0.717) is 100 Å². The second-order valence-electron chi connectivity index (χ2n) is 19.1. The lowest BCUT2D eigenvalue weighted by molar-refractivity contribution is 1.18. The Morgan fingerprint density at radius 3 is 0.855 bits per heavy atom. The van der Waals surface area contributed by atoms with Crippen LogP contribution in [0.25, 0.3) is 144 Å². The van der Waals surface area contributed by atoms with Crippen LogP contribution in [0.5, 0.6) is 0 Å². The number of pyridine rings is 4. The average Bonchev–Trinajstić information content (AvgIpc) is 3.68. The summed E-state index contributed by atoms with van der Waals surface area (Å²) in [6.45, 7) is 0. The molecule has 15 aromatic rings. The fraction of sp³-hybridized carbons (Fsp3) is 0. The van der Waals surface area contributed by atoms with Crippen LogP contribution in [0, 0.1) is 0 Å². The normalized spacial score (nSPS) is 11.9. The zero-order valence-corrected chi connectivity index (χ0v) is 40.1. The summed E-state index contributed by atoms with van der Waals surface area (Å²) < 4.78 is 3.93. The molecule has 76 heavy (non-hydrogen) atoms. The van der Waals surface area contributed by atoms with Crippen LogP contribution in [0.1, 0.15) is 0 Å². The van der Waals surface area contributed by atoms with Crippen molar-refractivity contribution in [3.05, 3.63) is 259 Å². The number of rotatable bonds is 6. The van der Waals surface area contributed by atoms with E-state index in [1.54, 1.807) is 42.5 Å². The van der Waals surface area contributed by atoms with Crippen molar-refractivity contribution in [1.29, 1.82) is 0 Å². The van der Waals surface area contributed by atoms with Gasteiger partial charge in [0.15, 0.2) is 33.4 Å². The van der Waals surface area contributed by atoms with E-state index in [9.17, 15) is 9.59 Å². The van der Waals surface area contributed by atoms with Gasteiger partial charge in [0, 0.05) is 76.5 Å². The second-order valence-corrected chi connectivity index (χ2v) is 19.1. The number of hydrogen-bond donors (Lipinski definition) is 0. The first-order valence-electron chi connectivity index (χ1n) is 24.9. The Labute approximate surface area is 430 Å². The molecule has 0 radical (unpaired) electrons. The topological polar surface area (TPSA) is 129 Å². The third-order valence-electron chi connectivity index (χ3n) is 14.8. The summed E-state index contributed by atoms with van der Waals surface area (Å²) in [5.74, 6) is 0.680. The molecule has 0 N–H and O–H groups in total. The summed E-state index contributed by atoms with van der Waals surface area (Å²) in [4.78, 5) is 81.3. The summed E-state index contributed by atoms with van der Waals surface area (Å²) >= 11 is 0. The lowest BCUT2D eigenvalue weighted by Gasteiger charge is -2.19. The largest absolute Gasteiger partial charge is 0.307 e. The van der Waals surface area contributed by atoms with Crippen LogP contribution in [-0.4, -0.2) is 28.7 Å². The molecular formula is C66H36N6O4. The number of aromatic nitrogens is 6. The van der Waals surface area contributed by atoms with Crippen molar-refractivity contribution in [1.82, 2.24) is 28.7 Å². The molecule has 6 aromatic heterocycles. The first-order valence-corrected chi connectivity index (χ1v) is 24.9. The van der Waals surface area contributed by atoms with Crippen LogP contribution in [0.15, 0.2) is 238 Å². The molecule has 0 aliphatic carbocycles. The first-order chi connectivity index (χ1) is 37.3. The predicted octanol–water partition coefficient (Wildman–Crippen LogP) is 13.0. The van der Waals surface area contributed by atoms with Crippen LogP contribution >= 0.6 is 0 Å². The second kappa shape index (κ2) is 16.5. The van der Waals surface area contributed by atoms with Crippen molar-refractivity contribution in [2.75, 3.05) is 0 Å². The molecule has 10 nitrogen and oxygen atoms in total. The van der Waals surface area contributed by atoms with Crippen molar-refractivity contribution < 1.29 is 0 Å². The van der Waals surface area contributed by atoms with E-state index in [0.717, 1.165) is 22.3 Å². The van der Waals surface area contributed by atoms with Gasteiger partial charge in [-0.05, 0) is 72.8 Å². The molecule has 0 aliphatic rings. The van der Waals surface area contributed by atoms with Gasteiger partial charge in [0.1, 0.15) is 0 Å². The fourth-order valence-electron chi connectivity index (χ4n) is 11.2. The van der Waals surface area contributed by atoms with Gasteiger partial charge in [0.25, 0.3) is 0 Å². The molecule has 0 bridgehead atoms. The molecule has 10 heteroatoms. The van der Waals surface area contributed by atoms with Crippen LogP contribution in [0.3, 0.4) is 0 Å². The standard InChI is InChI=1S/C66H36N6O4/c73-61-43-25-13-15-27-55(43)71-57-36-58-46(33-45(57)63(75)49-31-41(29-47(61)59(49)71)65-67-51(37-17-5-1-6-18-37)34-52(68-65)38-19-7-2-8-20-38)64(76)50-32-42(30-48-60(50)72(58)56-28-16-14-26-44(56)62(48)74)66-69-53(39-21-9-3-10-22-39)35-54(70-66)40-23-11-4-12-24-40/h1-36H. The molecule has 354 valence electrons. The molecule has 0 amide bonds. The lowest BCUT2D eigenvalue weighted by Crippen LogP contribution is -2.17. The third-order valence-corrected chi connectivity index (χ3v) is 14.8. The molecular weight excluding hydrogens is 941 g/mol. The van der Waals surface area contributed by atoms with Gasteiger partial charge in [-0.15, -0.1) is 0 Å². The maximum absolute atomic E-state index is 15.6. The Kier molecular flexibility index (Phi) is 9.33. The fourth-order valence-corrected chi connectivity index (χ4v) is 11.2. The lowest BCUT2D eigenvalue weighted by atomic mass is 9.97. The van der Waals surface area contributed by atoms with Gasteiger partial charge in [-0.3, -0.25) is 19.2 Å². The quantitative estimate of drug-likeness (QED) is 0.119. The summed E-state index contributed by atoms with van der Waals surface area (Å²) in [5.41, 5.74) is 8.98. The SMILES string of the molecule is O=c1c2ccccc2n2c3cc4c(cc3c(=O)c3cc(-c5nc(-c6ccccc6)cc(-c6ccccc6)n5)cc1c32)c(=O)c1cc(-c2nc(-c3ccccc3)cc(-c3ccccc3)n2)cc2c(=O)c3ccccc3n4c21. The van der Waals surface area contributed by atoms with E-state index in [-0.39, 0.29) is 43.3 Å². The predicted molar refractivity (Wildman–Crippen MR) is 305 cm³/mol. The molecule has 15 rings (SSSR count). The monoisotopic (exact) mass is 976 g/mol. The highest BCUT2D eigenvalue weighted by molar-refractivity contribution is 6.14. The van der Waals surface area contributed by atoms with Crippen molar-refractivity contribution >= 4 is 76.2 Å². The van der Waals surface area contributed by atoms with Gasteiger partial charge in [0.2, 0.25) is 0 Å². The number of para-hydroxylation sites is 2. The molecule has 9 aromatic carbocycles.